The van der Waals surface area contributed by atoms with E-state index in [1.165, 1.54) is 12.8 Å². The lowest BCUT2D eigenvalue weighted by molar-refractivity contribution is -0.124. The van der Waals surface area contributed by atoms with Gasteiger partial charge in [0.05, 0.1) is 0 Å². The van der Waals surface area contributed by atoms with Crippen molar-refractivity contribution < 1.29 is 4.79 Å². The number of nitrogens with one attached hydrogen (secondary N) is 1. The smallest absolute Gasteiger partial charge is 0.223 e. The molecule has 68 valence electrons. The van der Waals surface area contributed by atoms with Gasteiger partial charge in [0.15, 0.2) is 0 Å². The van der Waals surface area contributed by atoms with Gasteiger partial charge in [-0.05, 0) is 31.1 Å². The van der Waals surface area contributed by atoms with E-state index < -0.39 is 0 Å². The Hall–Kier alpha value is -0.530. The summed E-state index contributed by atoms with van der Waals surface area (Å²) >= 11 is 0. The number of carbonyl (C=O) groups is 1. The molecule has 2 atom stereocenters. The van der Waals surface area contributed by atoms with Crippen LogP contribution in [0.2, 0.25) is 0 Å². The highest BCUT2D eigenvalue weighted by atomic mass is 16.2. The van der Waals surface area contributed by atoms with Crippen molar-refractivity contribution in [2.24, 2.45) is 17.8 Å². The van der Waals surface area contributed by atoms with Gasteiger partial charge in [-0.2, -0.15) is 0 Å². The van der Waals surface area contributed by atoms with Crippen LogP contribution in [0.3, 0.4) is 0 Å². The molecule has 1 amide bonds. The Balaban J connectivity index is 1.70. The number of hydrogen-bond donors (Lipinski definition) is 1. The van der Waals surface area contributed by atoms with Crippen molar-refractivity contribution in [3.05, 3.63) is 0 Å². The molecule has 12 heavy (non-hydrogen) atoms. The summed E-state index contributed by atoms with van der Waals surface area (Å²) in [4.78, 5) is 11.4. The summed E-state index contributed by atoms with van der Waals surface area (Å²) in [7, 11) is 0. The lowest BCUT2D eigenvalue weighted by atomic mass is 9.82. The molecule has 2 rings (SSSR count). The third-order valence-electron chi connectivity index (χ3n) is 3.17. The summed E-state index contributed by atoms with van der Waals surface area (Å²) in [5, 5.41) is 3.10. The molecule has 0 radical (unpaired) electrons. The molecule has 1 N–H and O–H groups in total. The standard InChI is InChI=1S/C10H17NO/c1-6-3-8(4-6)11-10(12)9-5-7(9)2/h6-9H,3-5H2,1-2H3,(H,11,12). The average Bonchev–Trinajstić information content (AvgIpc) is 2.63. The molecule has 2 nitrogen and oxygen atoms in total. The summed E-state index contributed by atoms with van der Waals surface area (Å²) in [6.07, 6.45) is 3.48. The van der Waals surface area contributed by atoms with Crippen LogP contribution >= 0.6 is 0 Å². The highest BCUT2D eigenvalue weighted by Crippen LogP contribution is 2.38. The Morgan fingerprint density at radius 3 is 2.25 bits per heavy atom. The van der Waals surface area contributed by atoms with E-state index in [0.29, 0.717) is 23.8 Å². The topological polar surface area (TPSA) is 29.1 Å². The van der Waals surface area contributed by atoms with Crippen molar-refractivity contribution in [1.82, 2.24) is 5.32 Å². The fourth-order valence-corrected chi connectivity index (χ4v) is 2.02. The van der Waals surface area contributed by atoms with Crippen LogP contribution in [0, 0.1) is 17.8 Å². The molecule has 2 heteroatoms. The van der Waals surface area contributed by atoms with Crippen LogP contribution in [0.1, 0.15) is 33.1 Å². The van der Waals surface area contributed by atoms with Gasteiger partial charge in [-0.15, -0.1) is 0 Å². The lowest BCUT2D eigenvalue weighted by Gasteiger charge is -2.33. The van der Waals surface area contributed by atoms with Crippen molar-refractivity contribution in [2.75, 3.05) is 0 Å². The van der Waals surface area contributed by atoms with Gasteiger partial charge in [-0.1, -0.05) is 13.8 Å². The molecule has 0 aromatic heterocycles. The molecule has 0 aromatic carbocycles. The maximum Gasteiger partial charge on any atom is 0.223 e. The average molecular weight is 167 g/mol. The lowest BCUT2D eigenvalue weighted by Crippen LogP contribution is -2.44. The molecule has 0 aliphatic heterocycles. The monoisotopic (exact) mass is 167 g/mol. The van der Waals surface area contributed by atoms with Gasteiger partial charge < -0.3 is 5.32 Å². The molecule has 2 aliphatic rings. The van der Waals surface area contributed by atoms with Crippen LogP contribution in [0.25, 0.3) is 0 Å². The van der Waals surface area contributed by atoms with Crippen molar-refractivity contribution in [3.63, 3.8) is 0 Å². The van der Waals surface area contributed by atoms with Crippen molar-refractivity contribution in [2.45, 2.75) is 39.2 Å². The second-order valence-corrected chi connectivity index (χ2v) is 4.60. The van der Waals surface area contributed by atoms with E-state index in [9.17, 15) is 4.79 Å². The van der Waals surface area contributed by atoms with Gasteiger partial charge in [0.25, 0.3) is 0 Å². The van der Waals surface area contributed by atoms with E-state index in [-0.39, 0.29) is 0 Å². The molecule has 0 aromatic rings. The van der Waals surface area contributed by atoms with Gasteiger partial charge in [-0.25, -0.2) is 0 Å². The SMILES string of the molecule is CC1CC(NC(=O)C2CC2C)C1. The molecular weight excluding hydrogens is 150 g/mol. The number of hydrogen-bond acceptors (Lipinski definition) is 1. The zero-order valence-corrected chi connectivity index (χ0v) is 7.84. The summed E-state index contributed by atoms with van der Waals surface area (Å²) in [5.74, 6) is 2.12. The largest absolute Gasteiger partial charge is 0.353 e. The molecular formula is C10H17NO. The molecule has 0 saturated heterocycles. The van der Waals surface area contributed by atoms with Crippen LogP contribution < -0.4 is 5.32 Å². The highest BCUT2D eigenvalue weighted by molar-refractivity contribution is 5.81. The second kappa shape index (κ2) is 2.75. The normalized spacial score (nSPS) is 44.8. The Morgan fingerprint density at radius 1 is 1.25 bits per heavy atom. The molecule has 2 aliphatic carbocycles. The predicted molar refractivity (Wildman–Crippen MR) is 47.6 cm³/mol. The number of rotatable bonds is 2. The Morgan fingerprint density at radius 2 is 1.83 bits per heavy atom. The molecule has 0 heterocycles. The van der Waals surface area contributed by atoms with E-state index in [1.807, 2.05) is 0 Å². The maximum atomic E-state index is 11.4. The molecule has 0 spiro atoms. The van der Waals surface area contributed by atoms with Crippen LogP contribution in [-0.2, 0) is 4.79 Å². The fraction of sp³-hybridized carbons (Fsp3) is 0.900. The fourth-order valence-electron chi connectivity index (χ4n) is 2.02. The van der Waals surface area contributed by atoms with Gasteiger partial charge in [-0.3, -0.25) is 4.79 Å². The Bertz CT molecular complexity index is 196. The summed E-state index contributed by atoms with van der Waals surface area (Å²) in [6, 6.07) is 0.500. The van der Waals surface area contributed by atoms with E-state index in [1.54, 1.807) is 0 Å². The molecule has 2 saturated carbocycles. The third kappa shape index (κ3) is 1.47. The maximum absolute atomic E-state index is 11.4. The van der Waals surface area contributed by atoms with Crippen LogP contribution in [0.4, 0.5) is 0 Å². The van der Waals surface area contributed by atoms with Crippen LogP contribution in [-0.4, -0.2) is 11.9 Å². The third-order valence-corrected chi connectivity index (χ3v) is 3.17. The van der Waals surface area contributed by atoms with Gasteiger partial charge >= 0.3 is 0 Å². The van der Waals surface area contributed by atoms with E-state index in [2.05, 4.69) is 19.2 Å². The van der Waals surface area contributed by atoms with E-state index in [4.69, 9.17) is 0 Å². The van der Waals surface area contributed by atoms with Crippen molar-refractivity contribution >= 4 is 5.91 Å². The second-order valence-electron chi connectivity index (χ2n) is 4.60. The van der Waals surface area contributed by atoms with Gasteiger partial charge in [0, 0.05) is 12.0 Å². The minimum absolute atomic E-state index is 0.305. The quantitative estimate of drug-likeness (QED) is 0.664. The molecule has 2 fully saturated rings. The first-order valence-electron chi connectivity index (χ1n) is 4.97. The van der Waals surface area contributed by atoms with E-state index in [0.717, 1.165) is 12.3 Å². The zero-order chi connectivity index (χ0) is 8.72. The van der Waals surface area contributed by atoms with Crippen molar-refractivity contribution in [3.8, 4) is 0 Å². The Labute approximate surface area is 73.7 Å². The first-order valence-corrected chi connectivity index (χ1v) is 4.97. The van der Waals surface area contributed by atoms with Crippen LogP contribution in [0.15, 0.2) is 0 Å². The van der Waals surface area contributed by atoms with E-state index >= 15 is 0 Å². The summed E-state index contributed by atoms with van der Waals surface area (Å²) in [6.45, 7) is 4.38. The summed E-state index contributed by atoms with van der Waals surface area (Å²) in [5.41, 5.74) is 0. The minimum Gasteiger partial charge on any atom is -0.353 e. The van der Waals surface area contributed by atoms with Crippen molar-refractivity contribution in [1.29, 1.82) is 0 Å². The minimum atomic E-state index is 0.305. The molecule has 0 bridgehead atoms. The molecule has 2 unspecified atom stereocenters. The number of carbonyl (C=O) groups excluding carboxylic acids is 1. The van der Waals surface area contributed by atoms with Gasteiger partial charge in [0.1, 0.15) is 0 Å². The highest BCUT2D eigenvalue weighted by Gasteiger charge is 2.40. The predicted octanol–water partition coefficient (Wildman–Crippen LogP) is 1.56. The van der Waals surface area contributed by atoms with Gasteiger partial charge in [0.2, 0.25) is 5.91 Å². The Kier molecular flexibility index (Phi) is 1.85. The first-order chi connectivity index (χ1) is 5.66. The van der Waals surface area contributed by atoms with Crippen LogP contribution in [0.5, 0.6) is 0 Å². The first kappa shape index (κ1) is 8.09. The number of amides is 1. The zero-order valence-electron chi connectivity index (χ0n) is 7.84. The summed E-state index contributed by atoms with van der Waals surface area (Å²) < 4.78 is 0.